The minimum absolute atomic E-state index is 0.157. The number of aromatic nitrogens is 2. The highest BCUT2D eigenvalue weighted by molar-refractivity contribution is 7.98. The fourth-order valence-corrected chi connectivity index (χ4v) is 3.44. The quantitative estimate of drug-likeness (QED) is 0.767. The molecular weight excluding hydrogens is 332 g/mol. The lowest BCUT2D eigenvalue weighted by molar-refractivity contribution is -0.0403. The van der Waals surface area contributed by atoms with Gasteiger partial charge >= 0.3 is 0 Å². The Hall–Kier alpha value is -1.63. The lowest BCUT2D eigenvalue weighted by Gasteiger charge is -2.37. The molecule has 25 heavy (non-hydrogen) atoms. The molecule has 134 valence electrons. The number of morpholine rings is 1. The van der Waals surface area contributed by atoms with Gasteiger partial charge in [-0.2, -0.15) is 0 Å². The van der Waals surface area contributed by atoms with Crippen LogP contribution in [-0.2, 0) is 11.3 Å². The monoisotopic (exact) mass is 358 g/mol. The number of thioether (sulfide) groups is 1. The van der Waals surface area contributed by atoms with Crippen LogP contribution in [0.3, 0.4) is 0 Å². The number of hydrogen-bond donors (Lipinski definition) is 1. The summed E-state index contributed by atoms with van der Waals surface area (Å²) in [4.78, 5) is 2.47. The number of nitrogens with one attached hydrogen (secondary N) is 1. The minimum Gasteiger partial charge on any atom is -0.373 e. The Kier molecular flexibility index (Phi) is 6.67. The topological polar surface area (TPSA) is 50.3 Å². The van der Waals surface area contributed by atoms with Gasteiger partial charge in [0.15, 0.2) is 0 Å². The molecule has 1 aromatic heterocycles. The van der Waals surface area contributed by atoms with Crippen LogP contribution in [0.2, 0.25) is 0 Å². The molecule has 6 heteroatoms. The zero-order valence-corrected chi connectivity index (χ0v) is 15.7. The second kappa shape index (κ2) is 9.17. The number of rotatable bonds is 7. The highest BCUT2D eigenvalue weighted by atomic mass is 32.2. The Morgan fingerprint density at radius 1 is 1.24 bits per heavy atom. The fraction of sp³-hybridized carbons (Fsp3) is 0.474. The van der Waals surface area contributed by atoms with Gasteiger partial charge in [-0.05, 0) is 30.4 Å². The van der Waals surface area contributed by atoms with Crippen LogP contribution in [0.1, 0.15) is 18.9 Å². The summed E-state index contributed by atoms with van der Waals surface area (Å²) in [5.41, 5.74) is 1.35. The van der Waals surface area contributed by atoms with Crippen LogP contribution in [0.15, 0.2) is 47.5 Å². The SMILES string of the molecule is CCC(Nc1ccc(SC)nn1)C1CN(Cc2ccccc2)CCO1. The number of anilines is 1. The molecule has 0 bridgehead atoms. The van der Waals surface area contributed by atoms with E-state index in [1.54, 1.807) is 11.8 Å². The molecule has 1 saturated heterocycles. The molecule has 1 aliphatic rings. The number of nitrogens with zero attached hydrogens (tertiary/aromatic N) is 3. The molecule has 0 spiro atoms. The van der Waals surface area contributed by atoms with E-state index in [2.05, 4.69) is 57.7 Å². The molecule has 2 heterocycles. The Morgan fingerprint density at radius 3 is 2.76 bits per heavy atom. The van der Waals surface area contributed by atoms with Gasteiger partial charge in [0.2, 0.25) is 0 Å². The van der Waals surface area contributed by atoms with Crippen molar-refractivity contribution in [1.29, 1.82) is 0 Å². The second-order valence-electron chi connectivity index (χ2n) is 6.25. The highest BCUT2D eigenvalue weighted by Gasteiger charge is 2.27. The number of benzene rings is 1. The average Bonchev–Trinajstić information content (AvgIpc) is 2.67. The largest absolute Gasteiger partial charge is 0.373 e. The van der Waals surface area contributed by atoms with Crippen molar-refractivity contribution in [2.75, 3.05) is 31.3 Å². The molecule has 0 amide bonds. The summed E-state index contributed by atoms with van der Waals surface area (Å²) in [6, 6.07) is 14.8. The molecule has 1 aliphatic heterocycles. The third-order valence-electron chi connectivity index (χ3n) is 4.50. The number of hydrogen-bond acceptors (Lipinski definition) is 6. The van der Waals surface area contributed by atoms with E-state index >= 15 is 0 Å². The lowest BCUT2D eigenvalue weighted by atomic mass is 10.1. The maximum Gasteiger partial charge on any atom is 0.149 e. The van der Waals surface area contributed by atoms with Crippen LogP contribution in [0.5, 0.6) is 0 Å². The molecule has 1 fully saturated rings. The minimum atomic E-state index is 0.157. The van der Waals surface area contributed by atoms with Gasteiger partial charge in [-0.1, -0.05) is 37.3 Å². The van der Waals surface area contributed by atoms with Crippen molar-refractivity contribution in [2.24, 2.45) is 0 Å². The van der Waals surface area contributed by atoms with E-state index in [9.17, 15) is 0 Å². The first-order chi connectivity index (χ1) is 12.3. The van der Waals surface area contributed by atoms with E-state index in [1.807, 2.05) is 18.4 Å². The van der Waals surface area contributed by atoms with Crippen molar-refractivity contribution >= 4 is 17.6 Å². The van der Waals surface area contributed by atoms with E-state index < -0.39 is 0 Å². The molecule has 3 rings (SSSR count). The van der Waals surface area contributed by atoms with Crippen molar-refractivity contribution in [1.82, 2.24) is 15.1 Å². The molecule has 5 nitrogen and oxygen atoms in total. The van der Waals surface area contributed by atoms with Crippen LogP contribution < -0.4 is 5.32 Å². The summed E-state index contributed by atoms with van der Waals surface area (Å²) in [6.07, 6.45) is 3.14. The first-order valence-corrected chi connectivity index (χ1v) is 10.0. The van der Waals surface area contributed by atoms with Gasteiger partial charge in [-0.3, -0.25) is 4.90 Å². The number of ether oxygens (including phenoxy) is 1. The van der Waals surface area contributed by atoms with Crippen molar-refractivity contribution in [3.05, 3.63) is 48.0 Å². The van der Waals surface area contributed by atoms with Crippen molar-refractivity contribution in [2.45, 2.75) is 37.1 Å². The van der Waals surface area contributed by atoms with Crippen LogP contribution in [0.25, 0.3) is 0 Å². The Morgan fingerprint density at radius 2 is 2.08 bits per heavy atom. The summed E-state index contributed by atoms with van der Waals surface area (Å²) >= 11 is 1.60. The fourth-order valence-electron chi connectivity index (χ4n) is 3.11. The predicted octanol–water partition coefficient (Wildman–Crippen LogP) is 3.29. The Labute approximate surface area is 154 Å². The molecule has 0 radical (unpaired) electrons. The van der Waals surface area contributed by atoms with E-state index in [0.29, 0.717) is 0 Å². The van der Waals surface area contributed by atoms with E-state index in [0.717, 1.165) is 43.5 Å². The summed E-state index contributed by atoms with van der Waals surface area (Å²) in [7, 11) is 0. The summed E-state index contributed by atoms with van der Waals surface area (Å²) < 4.78 is 6.06. The first kappa shape index (κ1) is 18.2. The van der Waals surface area contributed by atoms with Crippen LogP contribution >= 0.6 is 11.8 Å². The molecule has 2 aromatic rings. The normalized spacial score (nSPS) is 19.5. The summed E-state index contributed by atoms with van der Waals surface area (Å²) in [5.74, 6) is 0.813. The maximum absolute atomic E-state index is 6.06. The smallest absolute Gasteiger partial charge is 0.149 e. The zero-order chi connectivity index (χ0) is 17.5. The van der Waals surface area contributed by atoms with Crippen molar-refractivity contribution in [3.63, 3.8) is 0 Å². The van der Waals surface area contributed by atoms with Crippen molar-refractivity contribution < 1.29 is 4.74 Å². The third-order valence-corrected chi connectivity index (χ3v) is 5.13. The molecular formula is C19H26N4OS. The van der Waals surface area contributed by atoms with Crippen LogP contribution in [0.4, 0.5) is 5.82 Å². The van der Waals surface area contributed by atoms with Gasteiger partial charge in [0.05, 0.1) is 18.8 Å². The molecule has 2 atom stereocenters. The molecule has 1 N–H and O–H groups in total. The Balaban J connectivity index is 1.59. The molecule has 0 aliphatic carbocycles. The van der Waals surface area contributed by atoms with Gasteiger partial charge in [0.25, 0.3) is 0 Å². The second-order valence-corrected chi connectivity index (χ2v) is 7.08. The summed E-state index contributed by atoms with van der Waals surface area (Å²) in [6.45, 7) is 5.83. The van der Waals surface area contributed by atoms with Crippen LogP contribution in [0, 0.1) is 0 Å². The molecule has 0 saturated carbocycles. The van der Waals surface area contributed by atoms with Crippen LogP contribution in [-0.4, -0.2) is 53.2 Å². The lowest BCUT2D eigenvalue weighted by Crippen LogP contribution is -2.49. The van der Waals surface area contributed by atoms with Gasteiger partial charge in [-0.15, -0.1) is 22.0 Å². The first-order valence-electron chi connectivity index (χ1n) is 8.80. The third kappa shape index (κ3) is 5.17. The van der Waals surface area contributed by atoms with E-state index in [4.69, 9.17) is 4.74 Å². The molecule has 2 unspecified atom stereocenters. The van der Waals surface area contributed by atoms with Crippen molar-refractivity contribution in [3.8, 4) is 0 Å². The highest BCUT2D eigenvalue weighted by Crippen LogP contribution is 2.18. The zero-order valence-electron chi connectivity index (χ0n) is 14.9. The van der Waals surface area contributed by atoms with E-state index in [-0.39, 0.29) is 12.1 Å². The predicted molar refractivity (Wildman–Crippen MR) is 103 cm³/mol. The maximum atomic E-state index is 6.06. The average molecular weight is 359 g/mol. The standard InChI is InChI=1S/C19H26N4OS/c1-3-16(20-18-9-10-19(25-2)22-21-18)17-14-23(11-12-24-17)13-15-7-5-4-6-8-15/h4-10,16-17H,3,11-14H2,1-2H3,(H,20,21). The Bertz CT molecular complexity index is 638. The van der Waals surface area contributed by atoms with Gasteiger partial charge in [-0.25, -0.2) is 0 Å². The van der Waals surface area contributed by atoms with E-state index in [1.165, 1.54) is 5.56 Å². The summed E-state index contributed by atoms with van der Waals surface area (Å²) in [5, 5.41) is 12.9. The molecule has 1 aromatic carbocycles. The van der Waals surface area contributed by atoms with Gasteiger partial charge in [0.1, 0.15) is 10.8 Å². The van der Waals surface area contributed by atoms with Gasteiger partial charge < -0.3 is 10.1 Å². The van der Waals surface area contributed by atoms with Gasteiger partial charge in [0, 0.05) is 19.6 Å².